The van der Waals surface area contributed by atoms with Crippen LogP contribution in [0.4, 0.5) is 0 Å². The van der Waals surface area contributed by atoms with E-state index in [1.807, 2.05) is 10.1 Å². The van der Waals surface area contributed by atoms with Crippen molar-refractivity contribution >= 4 is 27.3 Å². The Hall–Kier alpha value is -0.650. The molecular weight excluding hydrogens is 312 g/mol. The second-order valence-electron chi connectivity index (χ2n) is 4.48. The maximum absolute atomic E-state index is 10.6. The zero-order valence-electron chi connectivity index (χ0n) is 10.7. The highest BCUT2D eigenvalue weighted by Gasteiger charge is 2.23. The van der Waals surface area contributed by atoms with E-state index in [1.165, 1.54) is 5.56 Å². The SMILES string of the molecule is CCc1ccsc1C(O)c1c(Br)cnn1C(C)C. The molecule has 1 N–H and O–H groups in total. The van der Waals surface area contributed by atoms with Crippen molar-refractivity contribution in [3.8, 4) is 0 Å². The molecule has 0 aromatic carbocycles. The van der Waals surface area contributed by atoms with Crippen molar-refractivity contribution in [3.63, 3.8) is 0 Å². The highest BCUT2D eigenvalue weighted by molar-refractivity contribution is 9.10. The minimum absolute atomic E-state index is 0.228. The van der Waals surface area contributed by atoms with Gasteiger partial charge in [0.15, 0.2) is 0 Å². The molecule has 0 aliphatic heterocycles. The minimum Gasteiger partial charge on any atom is -0.381 e. The molecule has 2 aromatic heterocycles. The molecule has 18 heavy (non-hydrogen) atoms. The van der Waals surface area contributed by atoms with E-state index in [4.69, 9.17) is 0 Å². The normalized spacial score (nSPS) is 13.2. The summed E-state index contributed by atoms with van der Waals surface area (Å²) in [5.74, 6) is 0. The summed E-state index contributed by atoms with van der Waals surface area (Å²) in [5.41, 5.74) is 2.04. The molecule has 5 heteroatoms. The Balaban J connectivity index is 2.45. The van der Waals surface area contributed by atoms with Crippen molar-refractivity contribution < 1.29 is 5.11 Å². The largest absolute Gasteiger partial charge is 0.381 e. The summed E-state index contributed by atoms with van der Waals surface area (Å²) in [5, 5.41) is 17.0. The fraction of sp³-hybridized carbons (Fsp3) is 0.462. The van der Waals surface area contributed by atoms with Crippen molar-refractivity contribution in [2.75, 3.05) is 0 Å². The van der Waals surface area contributed by atoms with Gasteiger partial charge in [0.1, 0.15) is 6.10 Å². The van der Waals surface area contributed by atoms with Crippen LogP contribution < -0.4 is 0 Å². The Kier molecular flexibility index (Phi) is 4.25. The molecule has 0 saturated carbocycles. The van der Waals surface area contributed by atoms with E-state index in [1.54, 1.807) is 17.5 Å². The van der Waals surface area contributed by atoms with E-state index >= 15 is 0 Å². The topological polar surface area (TPSA) is 38.1 Å². The van der Waals surface area contributed by atoms with Crippen LogP contribution in [-0.2, 0) is 6.42 Å². The van der Waals surface area contributed by atoms with Gasteiger partial charge in [0.25, 0.3) is 0 Å². The molecule has 2 heterocycles. The van der Waals surface area contributed by atoms with Gasteiger partial charge in [-0.1, -0.05) is 6.92 Å². The van der Waals surface area contributed by atoms with Gasteiger partial charge in [0.2, 0.25) is 0 Å². The highest BCUT2D eigenvalue weighted by atomic mass is 79.9. The van der Waals surface area contributed by atoms with E-state index in [0.717, 1.165) is 21.5 Å². The molecule has 0 bridgehead atoms. The minimum atomic E-state index is -0.612. The molecule has 0 aliphatic carbocycles. The molecule has 0 radical (unpaired) electrons. The number of rotatable bonds is 4. The highest BCUT2D eigenvalue weighted by Crippen LogP contribution is 2.34. The lowest BCUT2D eigenvalue weighted by Gasteiger charge is -2.17. The van der Waals surface area contributed by atoms with Gasteiger partial charge in [-0.3, -0.25) is 4.68 Å². The van der Waals surface area contributed by atoms with Crippen LogP contribution in [-0.4, -0.2) is 14.9 Å². The zero-order chi connectivity index (χ0) is 13.3. The lowest BCUT2D eigenvalue weighted by atomic mass is 10.1. The van der Waals surface area contributed by atoms with Crippen molar-refractivity contribution in [2.45, 2.75) is 39.3 Å². The second kappa shape index (κ2) is 5.55. The molecule has 0 fully saturated rings. The second-order valence-corrected chi connectivity index (χ2v) is 6.28. The number of thiophene rings is 1. The first kappa shape index (κ1) is 13.8. The first-order valence-corrected chi connectivity index (χ1v) is 7.70. The lowest BCUT2D eigenvalue weighted by molar-refractivity contribution is 0.207. The fourth-order valence-electron chi connectivity index (χ4n) is 2.02. The van der Waals surface area contributed by atoms with Crippen molar-refractivity contribution in [2.24, 2.45) is 0 Å². The Morgan fingerprint density at radius 1 is 1.50 bits per heavy atom. The number of hydrogen-bond acceptors (Lipinski definition) is 3. The molecule has 1 unspecified atom stereocenters. The quantitative estimate of drug-likeness (QED) is 0.923. The molecule has 1 atom stereocenters. The van der Waals surface area contributed by atoms with Crippen LogP contribution in [0.15, 0.2) is 22.1 Å². The van der Waals surface area contributed by atoms with Crippen molar-refractivity contribution in [1.29, 1.82) is 0 Å². The third kappa shape index (κ3) is 2.39. The Morgan fingerprint density at radius 2 is 2.22 bits per heavy atom. The van der Waals surface area contributed by atoms with E-state index < -0.39 is 6.10 Å². The first-order valence-electron chi connectivity index (χ1n) is 6.03. The van der Waals surface area contributed by atoms with Gasteiger partial charge in [0.05, 0.1) is 16.4 Å². The maximum atomic E-state index is 10.6. The summed E-state index contributed by atoms with van der Waals surface area (Å²) in [7, 11) is 0. The maximum Gasteiger partial charge on any atom is 0.131 e. The third-order valence-electron chi connectivity index (χ3n) is 2.95. The standard InChI is InChI=1S/C13H17BrN2OS/c1-4-9-5-6-18-13(9)12(17)11-10(14)7-15-16(11)8(2)3/h5-8,12,17H,4H2,1-3H3. The van der Waals surface area contributed by atoms with E-state index in [2.05, 4.69) is 47.9 Å². The Labute approximate surface area is 120 Å². The number of aryl methyl sites for hydroxylation is 1. The van der Waals surface area contributed by atoms with E-state index in [0.29, 0.717) is 0 Å². The number of hydrogen-bond donors (Lipinski definition) is 1. The molecular formula is C13H17BrN2OS. The van der Waals surface area contributed by atoms with Crippen LogP contribution in [0.2, 0.25) is 0 Å². The summed E-state index contributed by atoms with van der Waals surface area (Å²) in [6.07, 6.45) is 2.07. The van der Waals surface area contributed by atoms with Crippen LogP contribution in [0.1, 0.15) is 49.1 Å². The molecule has 0 saturated heterocycles. The third-order valence-corrected chi connectivity index (χ3v) is 4.57. The van der Waals surface area contributed by atoms with Gasteiger partial charge < -0.3 is 5.11 Å². The van der Waals surface area contributed by atoms with Gasteiger partial charge in [-0.05, 0) is 53.2 Å². The van der Waals surface area contributed by atoms with Crippen molar-refractivity contribution in [3.05, 3.63) is 38.3 Å². The van der Waals surface area contributed by atoms with Crippen LogP contribution in [0.3, 0.4) is 0 Å². The summed E-state index contributed by atoms with van der Waals surface area (Å²) in [6, 6.07) is 2.30. The lowest BCUT2D eigenvalue weighted by Crippen LogP contribution is -2.12. The molecule has 2 rings (SSSR count). The van der Waals surface area contributed by atoms with Gasteiger partial charge in [-0.25, -0.2) is 0 Å². The zero-order valence-corrected chi connectivity index (χ0v) is 13.1. The summed E-state index contributed by atoms with van der Waals surface area (Å²) >= 11 is 5.08. The predicted octanol–water partition coefficient (Wildman–Crippen LogP) is 3.93. The Bertz CT molecular complexity index is 533. The molecule has 98 valence electrons. The fourth-order valence-corrected chi connectivity index (χ4v) is 3.49. The van der Waals surface area contributed by atoms with Crippen LogP contribution in [0.25, 0.3) is 0 Å². The van der Waals surface area contributed by atoms with E-state index in [-0.39, 0.29) is 6.04 Å². The Morgan fingerprint density at radius 3 is 2.83 bits per heavy atom. The van der Waals surface area contributed by atoms with Gasteiger partial charge in [0, 0.05) is 10.9 Å². The molecule has 0 aliphatic rings. The summed E-state index contributed by atoms with van der Waals surface area (Å²) in [6.45, 7) is 6.22. The first-order chi connectivity index (χ1) is 8.56. The number of halogens is 1. The van der Waals surface area contributed by atoms with Crippen LogP contribution in [0, 0.1) is 0 Å². The number of nitrogens with zero attached hydrogens (tertiary/aromatic N) is 2. The van der Waals surface area contributed by atoms with E-state index in [9.17, 15) is 5.11 Å². The number of aliphatic hydroxyl groups excluding tert-OH is 1. The summed E-state index contributed by atoms with van der Waals surface area (Å²) < 4.78 is 2.73. The van der Waals surface area contributed by atoms with Gasteiger partial charge in [-0.15, -0.1) is 11.3 Å². The average Bonchev–Trinajstić information content (AvgIpc) is 2.93. The molecule has 3 nitrogen and oxygen atoms in total. The molecule has 0 amide bonds. The smallest absolute Gasteiger partial charge is 0.131 e. The van der Waals surface area contributed by atoms with Crippen molar-refractivity contribution in [1.82, 2.24) is 9.78 Å². The predicted molar refractivity (Wildman–Crippen MR) is 78.1 cm³/mol. The average molecular weight is 329 g/mol. The van der Waals surface area contributed by atoms with Crippen LogP contribution >= 0.6 is 27.3 Å². The molecule has 2 aromatic rings. The van der Waals surface area contributed by atoms with Crippen LogP contribution in [0.5, 0.6) is 0 Å². The number of aromatic nitrogens is 2. The number of aliphatic hydroxyl groups is 1. The van der Waals surface area contributed by atoms with Gasteiger partial charge in [-0.2, -0.15) is 5.10 Å². The monoisotopic (exact) mass is 328 g/mol. The summed E-state index contributed by atoms with van der Waals surface area (Å²) in [4.78, 5) is 1.01. The molecule has 0 spiro atoms. The van der Waals surface area contributed by atoms with Gasteiger partial charge >= 0.3 is 0 Å².